The summed E-state index contributed by atoms with van der Waals surface area (Å²) in [5, 5.41) is 0.953. The van der Waals surface area contributed by atoms with Crippen molar-refractivity contribution < 1.29 is 9.53 Å². The zero-order valence-corrected chi connectivity index (χ0v) is 10.6. The number of para-hydroxylation sites is 1. The van der Waals surface area contributed by atoms with E-state index in [2.05, 4.69) is 4.98 Å². The highest BCUT2D eigenvalue weighted by Gasteiger charge is 2.28. The molecular formula is C14H17N3O2. The maximum atomic E-state index is 12.6. The Morgan fingerprint density at radius 1 is 1.47 bits per heavy atom. The van der Waals surface area contributed by atoms with E-state index in [0.717, 1.165) is 10.9 Å². The van der Waals surface area contributed by atoms with E-state index >= 15 is 0 Å². The lowest BCUT2D eigenvalue weighted by atomic mass is 10.1. The van der Waals surface area contributed by atoms with Crippen molar-refractivity contribution in [3.05, 3.63) is 36.0 Å². The number of nitrogens with one attached hydrogen (secondary N) is 1. The van der Waals surface area contributed by atoms with Crippen LogP contribution in [0.3, 0.4) is 0 Å². The van der Waals surface area contributed by atoms with Crippen LogP contribution in [0.5, 0.6) is 0 Å². The number of nitrogens with zero attached hydrogens (tertiary/aromatic N) is 1. The van der Waals surface area contributed by atoms with E-state index in [9.17, 15) is 4.79 Å². The number of aromatic amines is 1. The highest BCUT2D eigenvalue weighted by atomic mass is 16.5. The van der Waals surface area contributed by atoms with E-state index in [0.29, 0.717) is 31.9 Å². The van der Waals surface area contributed by atoms with Crippen LogP contribution in [-0.2, 0) is 4.74 Å². The van der Waals surface area contributed by atoms with Gasteiger partial charge >= 0.3 is 0 Å². The molecule has 19 heavy (non-hydrogen) atoms. The van der Waals surface area contributed by atoms with Crippen LogP contribution >= 0.6 is 0 Å². The number of amides is 1. The summed E-state index contributed by atoms with van der Waals surface area (Å²) in [7, 11) is 0. The lowest BCUT2D eigenvalue weighted by molar-refractivity contribution is 0.000950. The second kappa shape index (κ2) is 5.03. The van der Waals surface area contributed by atoms with Crippen molar-refractivity contribution in [2.75, 3.05) is 26.3 Å². The lowest BCUT2D eigenvalue weighted by Gasteiger charge is -2.34. The summed E-state index contributed by atoms with van der Waals surface area (Å²) < 4.78 is 5.38. The van der Waals surface area contributed by atoms with Crippen LogP contribution in [0, 0.1) is 0 Å². The summed E-state index contributed by atoms with van der Waals surface area (Å²) in [4.78, 5) is 17.6. The Hall–Kier alpha value is -1.85. The van der Waals surface area contributed by atoms with Gasteiger partial charge in [-0.3, -0.25) is 4.79 Å². The number of carbonyl (C=O) groups is 1. The first-order valence-electron chi connectivity index (χ1n) is 6.46. The van der Waals surface area contributed by atoms with Gasteiger partial charge in [-0.25, -0.2) is 0 Å². The lowest BCUT2D eigenvalue weighted by Crippen LogP contribution is -2.52. The predicted molar refractivity (Wildman–Crippen MR) is 73.0 cm³/mol. The quantitative estimate of drug-likeness (QED) is 0.844. The molecule has 1 aromatic carbocycles. The molecule has 1 unspecified atom stereocenters. The van der Waals surface area contributed by atoms with Gasteiger partial charge < -0.3 is 20.4 Å². The molecule has 1 fully saturated rings. The van der Waals surface area contributed by atoms with Crippen LogP contribution in [0.15, 0.2) is 30.5 Å². The fraction of sp³-hybridized carbons (Fsp3) is 0.357. The molecule has 0 aliphatic carbocycles. The van der Waals surface area contributed by atoms with Crippen molar-refractivity contribution in [3.8, 4) is 0 Å². The number of morpholine rings is 1. The monoisotopic (exact) mass is 259 g/mol. The molecule has 0 radical (unpaired) electrons. The van der Waals surface area contributed by atoms with Crippen LogP contribution in [0.4, 0.5) is 0 Å². The smallest absolute Gasteiger partial charge is 0.256 e. The number of H-pyrrole nitrogens is 1. The van der Waals surface area contributed by atoms with Gasteiger partial charge in [0.15, 0.2) is 0 Å². The van der Waals surface area contributed by atoms with Gasteiger partial charge in [-0.15, -0.1) is 0 Å². The van der Waals surface area contributed by atoms with Crippen molar-refractivity contribution in [2.45, 2.75) is 6.04 Å². The molecule has 1 atom stereocenters. The largest absolute Gasteiger partial charge is 0.377 e. The molecule has 5 nitrogen and oxygen atoms in total. The second-order valence-electron chi connectivity index (χ2n) is 4.71. The van der Waals surface area contributed by atoms with Gasteiger partial charge in [-0.05, 0) is 6.07 Å². The molecule has 5 heteroatoms. The van der Waals surface area contributed by atoms with Crippen LogP contribution in [-0.4, -0.2) is 48.1 Å². The first-order chi connectivity index (χ1) is 9.31. The first kappa shape index (κ1) is 12.2. The Balaban J connectivity index is 1.94. The third-order valence-corrected chi connectivity index (χ3v) is 3.58. The Kier molecular flexibility index (Phi) is 3.23. The molecule has 3 rings (SSSR count). The fourth-order valence-electron chi connectivity index (χ4n) is 2.52. The SMILES string of the molecule is NCC1COCCN1C(=O)c1c[nH]c2ccccc12. The molecule has 0 spiro atoms. The summed E-state index contributed by atoms with van der Waals surface area (Å²) in [6.45, 7) is 2.11. The van der Waals surface area contributed by atoms with Gasteiger partial charge in [0.2, 0.25) is 0 Å². The fourth-order valence-corrected chi connectivity index (χ4v) is 2.52. The number of hydrogen-bond donors (Lipinski definition) is 2. The minimum atomic E-state index is -0.0325. The number of benzene rings is 1. The van der Waals surface area contributed by atoms with E-state index in [-0.39, 0.29) is 11.9 Å². The molecule has 1 saturated heterocycles. The van der Waals surface area contributed by atoms with Crippen molar-refractivity contribution in [1.82, 2.24) is 9.88 Å². The third-order valence-electron chi connectivity index (χ3n) is 3.58. The second-order valence-corrected chi connectivity index (χ2v) is 4.71. The first-order valence-corrected chi connectivity index (χ1v) is 6.46. The standard InChI is InChI=1S/C14H17N3O2/c15-7-10-9-19-6-5-17(10)14(18)12-8-16-13-4-2-1-3-11(12)13/h1-4,8,10,16H,5-7,9,15H2. The van der Waals surface area contributed by atoms with Gasteiger partial charge in [0.05, 0.1) is 24.8 Å². The van der Waals surface area contributed by atoms with Crippen LogP contribution < -0.4 is 5.73 Å². The molecule has 3 N–H and O–H groups in total. The zero-order chi connectivity index (χ0) is 13.2. The van der Waals surface area contributed by atoms with Crippen LogP contribution in [0.1, 0.15) is 10.4 Å². The predicted octanol–water partition coefficient (Wildman–Crippen LogP) is 0.968. The van der Waals surface area contributed by atoms with E-state index in [1.807, 2.05) is 29.2 Å². The van der Waals surface area contributed by atoms with Crippen molar-refractivity contribution in [1.29, 1.82) is 0 Å². The molecule has 0 saturated carbocycles. The van der Waals surface area contributed by atoms with Crippen molar-refractivity contribution in [3.63, 3.8) is 0 Å². The van der Waals surface area contributed by atoms with E-state index < -0.39 is 0 Å². The number of rotatable bonds is 2. The number of hydrogen-bond acceptors (Lipinski definition) is 3. The van der Waals surface area contributed by atoms with Crippen molar-refractivity contribution in [2.24, 2.45) is 5.73 Å². The number of carbonyl (C=O) groups excluding carboxylic acids is 1. The van der Waals surface area contributed by atoms with E-state index in [4.69, 9.17) is 10.5 Å². The highest BCUT2D eigenvalue weighted by Crippen LogP contribution is 2.21. The summed E-state index contributed by atoms with van der Waals surface area (Å²) in [5.41, 5.74) is 7.40. The molecule has 2 aromatic rings. The zero-order valence-electron chi connectivity index (χ0n) is 10.6. The third kappa shape index (κ3) is 2.11. The van der Waals surface area contributed by atoms with Gasteiger partial charge in [-0.1, -0.05) is 18.2 Å². The van der Waals surface area contributed by atoms with Gasteiger partial charge in [0.1, 0.15) is 0 Å². The van der Waals surface area contributed by atoms with E-state index in [1.165, 1.54) is 0 Å². The maximum absolute atomic E-state index is 12.6. The minimum absolute atomic E-state index is 0.0243. The minimum Gasteiger partial charge on any atom is -0.377 e. The maximum Gasteiger partial charge on any atom is 0.256 e. The van der Waals surface area contributed by atoms with Crippen LogP contribution in [0.2, 0.25) is 0 Å². The number of aromatic nitrogens is 1. The average molecular weight is 259 g/mol. The molecule has 1 aliphatic heterocycles. The molecule has 2 heterocycles. The Morgan fingerprint density at radius 3 is 3.16 bits per heavy atom. The van der Waals surface area contributed by atoms with E-state index in [1.54, 1.807) is 6.20 Å². The van der Waals surface area contributed by atoms with Crippen molar-refractivity contribution >= 4 is 16.8 Å². The summed E-state index contributed by atoms with van der Waals surface area (Å²) in [6.07, 6.45) is 1.77. The molecule has 0 bridgehead atoms. The normalized spacial score (nSPS) is 19.8. The molecule has 1 aromatic heterocycles. The Labute approximate surface area is 111 Å². The summed E-state index contributed by atoms with van der Waals surface area (Å²) in [6, 6.07) is 7.77. The number of ether oxygens (including phenoxy) is 1. The topological polar surface area (TPSA) is 71.3 Å². The number of fused-ring (bicyclic) bond motifs is 1. The molecule has 100 valence electrons. The molecule has 1 aliphatic rings. The average Bonchev–Trinajstić information content (AvgIpc) is 2.90. The van der Waals surface area contributed by atoms with Gasteiger partial charge in [-0.2, -0.15) is 0 Å². The Morgan fingerprint density at radius 2 is 2.32 bits per heavy atom. The molecular weight excluding hydrogens is 242 g/mol. The summed E-state index contributed by atoms with van der Waals surface area (Å²) in [5.74, 6) is 0.0243. The van der Waals surface area contributed by atoms with Gasteiger partial charge in [0, 0.05) is 30.2 Å². The molecule has 1 amide bonds. The highest BCUT2D eigenvalue weighted by molar-refractivity contribution is 6.06. The number of nitrogens with two attached hydrogens (primary N) is 1. The van der Waals surface area contributed by atoms with Crippen LogP contribution in [0.25, 0.3) is 10.9 Å². The van der Waals surface area contributed by atoms with Gasteiger partial charge in [0.25, 0.3) is 5.91 Å². The summed E-state index contributed by atoms with van der Waals surface area (Å²) >= 11 is 0. The Bertz CT molecular complexity index is 593.